The number of benzene rings is 2. The van der Waals surface area contributed by atoms with Gasteiger partial charge in [-0.15, -0.1) is 0 Å². The van der Waals surface area contributed by atoms with Crippen LogP contribution in [0.5, 0.6) is 0 Å². The van der Waals surface area contributed by atoms with Crippen LogP contribution in [0, 0.1) is 33.3 Å². The fraction of sp³-hybridized carbons (Fsp3) is 0.423. The number of ketones is 2. The molecule has 7 nitrogen and oxygen atoms in total. The molecule has 0 saturated heterocycles. The lowest BCUT2D eigenvalue weighted by Crippen LogP contribution is -2.51. The van der Waals surface area contributed by atoms with Crippen molar-refractivity contribution in [2.75, 3.05) is 6.61 Å². The van der Waals surface area contributed by atoms with Crippen LogP contribution in [0.15, 0.2) is 42.5 Å². The van der Waals surface area contributed by atoms with Crippen molar-refractivity contribution in [3.05, 3.63) is 74.3 Å². The number of carbonyl (C=O) groups is 3. The Kier molecular flexibility index (Phi) is 5.76. The summed E-state index contributed by atoms with van der Waals surface area (Å²) in [6, 6.07) is 9.83. The number of hydrogen-bond donors (Lipinski definition) is 0. The van der Waals surface area contributed by atoms with Crippen molar-refractivity contribution in [3.8, 4) is 0 Å². The van der Waals surface area contributed by atoms with Gasteiger partial charge in [0.15, 0.2) is 18.2 Å². The Morgan fingerprint density at radius 1 is 0.971 bits per heavy atom. The molecule has 0 radical (unpaired) electrons. The molecule has 2 aromatic carbocycles. The molecule has 4 bridgehead atoms. The minimum Gasteiger partial charge on any atom is -0.454 e. The van der Waals surface area contributed by atoms with Gasteiger partial charge in [-0.25, -0.2) is 4.79 Å². The number of carbonyl (C=O) groups excluding carboxylic acids is 3. The van der Waals surface area contributed by atoms with Crippen LogP contribution >= 0.6 is 11.6 Å². The molecule has 0 spiro atoms. The molecule has 0 heterocycles. The van der Waals surface area contributed by atoms with Crippen LogP contribution in [0.4, 0.5) is 5.69 Å². The highest BCUT2D eigenvalue weighted by Crippen LogP contribution is 2.60. The molecular formula is C26H24ClNO6. The zero-order chi connectivity index (χ0) is 24.0. The number of nitrogens with zero attached hydrogens (tertiary/aromatic N) is 1. The molecule has 2 aromatic rings. The summed E-state index contributed by atoms with van der Waals surface area (Å²) in [7, 11) is 0. The van der Waals surface area contributed by atoms with E-state index >= 15 is 0 Å². The van der Waals surface area contributed by atoms with Crippen LogP contribution < -0.4 is 0 Å². The first-order chi connectivity index (χ1) is 16.3. The molecule has 176 valence electrons. The molecule has 4 aliphatic rings. The third kappa shape index (κ3) is 4.02. The van der Waals surface area contributed by atoms with Crippen LogP contribution in [0.2, 0.25) is 5.02 Å². The topological polar surface area (TPSA) is 104 Å². The molecule has 8 heteroatoms. The second kappa shape index (κ2) is 8.62. The molecule has 4 saturated carbocycles. The lowest BCUT2D eigenvalue weighted by Gasteiger charge is -2.55. The molecule has 4 aliphatic carbocycles. The number of Topliss-reactive ketones (excluding diaryl/α,β-unsaturated/α-hetero) is 1. The van der Waals surface area contributed by atoms with Gasteiger partial charge in [-0.05, 0) is 74.5 Å². The molecule has 34 heavy (non-hydrogen) atoms. The van der Waals surface area contributed by atoms with Gasteiger partial charge in [0, 0.05) is 22.6 Å². The van der Waals surface area contributed by atoms with Gasteiger partial charge in [0.25, 0.3) is 5.69 Å². The zero-order valence-corrected chi connectivity index (χ0v) is 19.3. The smallest absolute Gasteiger partial charge is 0.339 e. The summed E-state index contributed by atoms with van der Waals surface area (Å²) < 4.78 is 5.42. The highest BCUT2D eigenvalue weighted by atomic mass is 35.5. The summed E-state index contributed by atoms with van der Waals surface area (Å²) in [4.78, 5) is 49.7. The van der Waals surface area contributed by atoms with Gasteiger partial charge < -0.3 is 4.74 Å². The molecule has 0 atom stereocenters. The fourth-order valence-corrected chi connectivity index (χ4v) is 6.81. The van der Waals surface area contributed by atoms with Crippen molar-refractivity contribution < 1.29 is 24.0 Å². The summed E-state index contributed by atoms with van der Waals surface area (Å²) in [6.45, 7) is -0.306. The van der Waals surface area contributed by atoms with Crippen molar-refractivity contribution in [1.82, 2.24) is 0 Å². The highest BCUT2D eigenvalue weighted by molar-refractivity contribution is 6.33. The first-order valence-corrected chi connectivity index (χ1v) is 11.9. The van der Waals surface area contributed by atoms with Gasteiger partial charge in [-0.3, -0.25) is 19.7 Å². The number of rotatable bonds is 7. The number of nitro benzene ring substituents is 1. The van der Waals surface area contributed by atoms with E-state index in [2.05, 4.69) is 0 Å². The second-order valence-electron chi connectivity index (χ2n) is 10.00. The normalized spacial score (nSPS) is 26.8. The van der Waals surface area contributed by atoms with E-state index in [1.54, 1.807) is 12.1 Å². The largest absolute Gasteiger partial charge is 0.454 e. The van der Waals surface area contributed by atoms with Crippen LogP contribution in [0.3, 0.4) is 0 Å². The van der Waals surface area contributed by atoms with E-state index in [0.717, 1.165) is 25.3 Å². The summed E-state index contributed by atoms with van der Waals surface area (Å²) in [5.74, 6) is 0.468. The van der Waals surface area contributed by atoms with E-state index < -0.39 is 22.4 Å². The number of halogens is 1. The Balaban J connectivity index is 1.32. The van der Waals surface area contributed by atoms with Crippen molar-refractivity contribution in [3.63, 3.8) is 0 Å². The molecule has 6 rings (SSSR count). The van der Waals surface area contributed by atoms with Crippen LogP contribution in [-0.4, -0.2) is 29.1 Å². The maximum absolute atomic E-state index is 13.2. The third-order valence-electron chi connectivity index (χ3n) is 7.76. The number of nitro groups is 1. The van der Waals surface area contributed by atoms with E-state index in [-0.39, 0.29) is 39.5 Å². The van der Waals surface area contributed by atoms with Crippen molar-refractivity contribution in [1.29, 1.82) is 0 Å². The van der Waals surface area contributed by atoms with E-state index in [1.165, 1.54) is 43.5 Å². The predicted octanol–water partition coefficient (Wildman–Crippen LogP) is 5.42. The van der Waals surface area contributed by atoms with E-state index in [0.29, 0.717) is 17.8 Å². The summed E-state index contributed by atoms with van der Waals surface area (Å²) in [5.41, 5.74) is -0.670. The maximum atomic E-state index is 13.2. The Morgan fingerprint density at radius 3 is 2.15 bits per heavy atom. The van der Waals surface area contributed by atoms with Crippen molar-refractivity contribution in [2.24, 2.45) is 23.2 Å². The molecular weight excluding hydrogens is 458 g/mol. The van der Waals surface area contributed by atoms with Gasteiger partial charge in [0.2, 0.25) is 0 Å². The van der Waals surface area contributed by atoms with Crippen molar-refractivity contribution in [2.45, 2.75) is 38.5 Å². The summed E-state index contributed by atoms with van der Waals surface area (Å²) in [6.07, 6.45) is 6.30. The van der Waals surface area contributed by atoms with Gasteiger partial charge in [-0.2, -0.15) is 0 Å². The first kappa shape index (κ1) is 22.7. The Labute approximate surface area is 201 Å². The second-order valence-corrected chi connectivity index (χ2v) is 10.4. The van der Waals surface area contributed by atoms with Gasteiger partial charge in [0.1, 0.15) is 5.02 Å². The predicted molar refractivity (Wildman–Crippen MR) is 124 cm³/mol. The van der Waals surface area contributed by atoms with E-state index in [1.807, 2.05) is 0 Å². The van der Waals surface area contributed by atoms with Gasteiger partial charge >= 0.3 is 5.97 Å². The zero-order valence-electron chi connectivity index (χ0n) is 18.5. The monoisotopic (exact) mass is 481 g/mol. The minimum absolute atomic E-state index is 0.0166. The molecule has 0 aliphatic heterocycles. The quantitative estimate of drug-likeness (QED) is 0.226. The van der Waals surface area contributed by atoms with Gasteiger partial charge in [0.05, 0.1) is 10.5 Å². The Hall–Kier alpha value is -3.06. The molecule has 4 fully saturated rings. The highest BCUT2D eigenvalue weighted by Gasteiger charge is 2.54. The first-order valence-electron chi connectivity index (χ1n) is 11.5. The Morgan fingerprint density at radius 2 is 1.56 bits per heavy atom. The number of hydrogen-bond acceptors (Lipinski definition) is 6. The Bertz CT molecular complexity index is 1170. The SMILES string of the molecule is O=C(OCC(=O)C12CC3CC(CC(C3)C1)C2)c1ccccc1C(=O)c1ccc(Cl)c([N+](=O)[O-])c1. The summed E-state index contributed by atoms with van der Waals surface area (Å²) in [5, 5.41) is 11.1. The van der Waals surface area contributed by atoms with E-state index in [9.17, 15) is 24.5 Å². The van der Waals surface area contributed by atoms with Gasteiger partial charge in [-0.1, -0.05) is 29.8 Å². The lowest BCUT2D eigenvalue weighted by molar-refractivity contribution is -0.384. The average molecular weight is 482 g/mol. The van der Waals surface area contributed by atoms with Crippen LogP contribution in [0.25, 0.3) is 0 Å². The average Bonchev–Trinajstić information content (AvgIpc) is 2.81. The van der Waals surface area contributed by atoms with E-state index in [4.69, 9.17) is 16.3 Å². The van der Waals surface area contributed by atoms with Crippen LogP contribution in [-0.2, 0) is 9.53 Å². The summed E-state index contributed by atoms with van der Waals surface area (Å²) >= 11 is 5.85. The molecule has 0 aromatic heterocycles. The lowest BCUT2D eigenvalue weighted by atomic mass is 9.48. The van der Waals surface area contributed by atoms with Crippen molar-refractivity contribution >= 4 is 34.8 Å². The number of esters is 1. The molecule has 0 amide bonds. The molecule has 0 unspecified atom stereocenters. The fourth-order valence-electron chi connectivity index (χ4n) is 6.62. The molecule has 0 N–H and O–H groups in total. The third-order valence-corrected chi connectivity index (χ3v) is 8.08. The minimum atomic E-state index is -0.759. The number of ether oxygens (including phenoxy) is 1. The van der Waals surface area contributed by atoms with Crippen LogP contribution in [0.1, 0.15) is 64.8 Å². The maximum Gasteiger partial charge on any atom is 0.339 e. The standard InChI is InChI=1S/C26H24ClNO6/c27-21-6-5-18(10-22(21)28(32)33)24(30)19-3-1-2-4-20(19)25(31)34-14-23(29)26-11-15-7-16(12-26)9-17(8-15)13-26/h1-6,10,15-17H,7-9,11-14H2.